The second kappa shape index (κ2) is 7.83. The van der Waals surface area contributed by atoms with Crippen LogP contribution < -0.4 is 0 Å². The molecule has 0 aliphatic rings. The summed E-state index contributed by atoms with van der Waals surface area (Å²) >= 11 is 1.62. The molecule has 3 aromatic carbocycles. The van der Waals surface area contributed by atoms with Crippen molar-refractivity contribution in [2.75, 3.05) is 0 Å². The van der Waals surface area contributed by atoms with Gasteiger partial charge in [0.1, 0.15) is 0 Å². The summed E-state index contributed by atoms with van der Waals surface area (Å²) in [6.45, 7) is 0. The van der Waals surface area contributed by atoms with Crippen molar-refractivity contribution < 1.29 is 0 Å². The van der Waals surface area contributed by atoms with Crippen LogP contribution in [0.4, 0.5) is 0 Å². The Morgan fingerprint density at radius 1 is 0.565 bits per heavy atom. The predicted octanol–water partition coefficient (Wildman–Crippen LogP) is 5.39. The Morgan fingerprint density at radius 3 is 1.22 bits per heavy atom. The van der Waals surface area contributed by atoms with E-state index >= 15 is 0 Å². The van der Waals surface area contributed by atoms with E-state index in [1.807, 2.05) is 0 Å². The Hall–Kier alpha value is -1.54. The van der Waals surface area contributed by atoms with E-state index in [9.17, 15) is 0 Å². The average Bonchev–Trinajstić information content (AvgIpc) is 2.65. The zero-order chi connectivity index (χ0) is 16.0. The summed E-state index contributed by atoms with van der Waals surface area (Å²) in [4.78, 5) is 0. The first-order valence-corrected chi connectivity index (χ1v) is 10.2. The third kappa shape index (κ3) is 3.37. The van der Waals surface area contributed by atoms with E-state index in [4.69, 9.17) is 0 Å². The van der Waals surface area contributed by atoms with Gasteiger partial charge in [0.2, 0.25) is 0 Å². The molecule has 0 spiro atoms. The maximum absolute atomic E-state index is 2.28. The van der Waals surface area contributed by atoms with Crippen molar-refractivity contribution in [3.8, 4) is 0 Å². The Bertz CT molecular complexity index is 608. The van der Waals surface area contributed by atoms with E-state index in [1.165, 1.54) is 27.5 Å². The molecule has 23 heavy (non-hydrogen) atoms. The van der Waals surface area contributed by atoms with Crippen LogP contribution in [0.3, 0.4) is 0 Å². The van der Waals surface area contributed by atoms with Gasteiger partial charge in [-0.05, 0) is 0 Å². The molecule has 0 nitrogen and oxygen atoms in total. The van der Waals surface area contributed by atoms with Crippen LogP contribution >= 0.6 is 0 Å². The van der Waals surface area contributed by atoms with E-state index in [0.717, 1.165) is 6.42 Å². The molecule has 1 heteroatoms. The zero-order valence-corrected chi connectivity index (χ0v) is 16.1. The van der Waals surface area contributed by atoms with Crippen LogP contribution in [0.5, 0.6) is 0 Å². The van der Waals surface area contributed by atoms with E-state index < -0.39 is 0 Å². The molecule has 3 radical (unpaired) electrons. The molecule has 0 fully saturated rings. The average molecular weight is 404 g/mol. The van der Waals surface area contributed by atoms with Gasteiger partial charge >= 0.3 is 153 Å². The van der Waals surface area contributed by atoms with Crippen molar-refractivity contribution in [1.82, 2.24) is 0 Å². The summed E-state index contributed by atoms with van der Waals surface area (Å²) in [7, 11) is 0. The number of hydrogen-bond acceptors (Lipinski definition) is 0. The molecule has 0 atom stereocenters. The normalized spacial score (nSPS) is 11.3. The number of benzene rings is 3. The van der Waals surface area contributed by atoms with Crippen LogP contribution in [0.15, 0.2) is 91.0 Å². The van der Waals surface area contributed by atoms with Crippen LogP contribution in [-0.2, 0) is 5.41 Å². The van der Waals surface area contributed by atoms with Gasteiger partial charge in [0.25, 0.3) is 0 Å². The SMILES string of the molecule is [Sn][CH2]CCC(c1ccccc1)(c1ccccc1)c1ccccc1. The standard InChI is InChI=1S/C22H21.Sn/c1-2-18-22(19-12-6-3-7-13-19,20-14-8-4-9-15-20)21-16-10-5-11-17-21;/h3-17H,1-2,18H2;. The van der Waals surface area contributed by atoms with E-state index in [0.29, 0.717) is 0 Å². The Kier molecular flexibility index (Phi) is 5.55. The fourth-order valence-electron chi connectivity index (χ4n) is 3.45. The van der Waals surface area contributed by atoms with E-state index in [-0.39, 0.29) is 5.41 Å². The van der Waals surface area contributed by atoms with Gasteiger partial charge in [0.15, 0.2) is 0 Å². The number of hydrogen-bond donors (Lipinski definition) is 0. The summed E-state index contributed by atoms with van der Waals surface area (Å²) in [6, 6.07) is 33.0. The second-order valence-electron chi connectivity index (χ2n) is 5.86. The summed E-state index contributed by atoms with van der Waals surface area (Å²) in [5.41, 5.74) is 4.12. The predicted molar refractivity (Wildman–Crippen MR) is 99.0 cm³/mol. The monoisotopic (exact) mass is 405 g/mol. The second-order valence-corrected chi connectivity index (χ2v) is 7.28. The first-order chi connectivity index (χ1) is 11.4. The molecular weight excluding hydrogens is 383 g/mol. The third-order valence-corrected chi connectivity index (χ3v) is 5.54. The van der Waals surface area contributed by atoms with Gasteiger partial charge in [0, 0.05) is 0 Å². The van der Waals surface area contributed by atoms with Crippen LogP contribution in [0, 0.1) is 0 Å². The minimum absolute atomic E-state index is 0.0553. The molecule has 3 aromatic rings. The summed E-state index contributed by atoms with van der Waals surface area (Å²) in [6.07, 6.45) is 2.40. The van der Waals surface area contributed by atoms with Crippen LogP contribution in [0.25, 0.3) is 0 Å². The summed E-state index contributed by atoms with van der Waals surface area (Å²) < 4.78 is 1.29. The van der Waals surface area contributed by atoms with Gasteiger partial charge in [-0.1, -0.05) is 0 Å². The minimum atomic E-state index is -0.0553. The molecule has 0 bridgehead atoms. The van der Waals surface area contributed by atoms with Gasteiger partial charge < -0.3 is 0 Å². The van der Waals surface area contributed by atoms with Gasteiger partial charge in [-0.2, -0.15) is 0 Å². The zero-order valence-electron chi connectivity index (χ0n) is 13.3. The molecule has 0 amide bonds. The van der Waals surface area contributed by atoms with Gasteiger partial charge in [-0.15, -0.1) is 0 Å². The molecular formula is C22H21Sn. The summed E-state index contributed by atoms with van der Waals surface area (Å²) in [5, 5.41) is 0. The van der Waals surface area contributed by atoms with Crippen molar-refractivity contribution in [2.45, 2.75) is 22.7 Å². The van der Waals surface area contributed by atoms with E-state index in [1.54, 1.807) is 22.5 Å². The molecule has 0 aromatic heterocycles. The van der Waals surface area contributed by atoms with E-state index in [2.05, 4.69) is 91.0 Å². The summed E-state index contributed by atoms with van der Waals surface area (Å²) in [5.74, 6) is 0. The van der Waals surface area contributed by atoms with Gasteiger partial charge in [0.05, 0.1) is 0 Å². The maximum atomic E-state index is 2.28. The Morgan fingerprint density at radius 2 is 0.913 bits per heavy atom. The van der Waals surface area contributed by atoms with Crippen LogP contribution in [0.2, 0.25) is 4.44 Å². The number of rotatable bonds is 6. The molecule has 113 valence electrons. The molecule has 0 unspecified atom stereocenters. The Labute approximate surface area is 152 Å². The van der Waals surface area contributed by atoms with Crippen molar-refractivity contribution in [2.24, 2.45) is 0 Å². The van der Waals surface area contributed by atoms with Gasteiger partial charge in [-0.25, -0.2) is 0 Å². The van der Waals surface area contributed by atoms with Crippen molar-refractivity contribution in [3.05, 3.63) is 108 Å². The van der Waals surface area contributed by atoms with Crippen molar-refractivity contribution >= 4 is 22.5 Å². The van der Waals surface area contributed by atoms with Crippen LogP contribution in [-0.4, -0.2) is 22.5 Å². The first kappa shape index (κ1) is 16.3. The molecule has 0 N–H and O–H groups in total. The van der Waals surface area contributed by atoms with Gasteiger partial charge in [-0.3, -0.25) is 0 Å². The Balaban J connectivity index is 2.25. The first-order valence-electron chi connectivity index (χ1n) is 8.19. The molecule has 0 saturated heterocycles. The third-order valence-electron chi connectivity index (χ3n) is 4.53. The molecule has 0 saturated carbocycles. The van der Waals surface area contributed by atoms with Crippen molar-refractivity contribution in [1.29, 1.82) is 0 Å². The topological polar surface area (TPSA) is 0 Å². The van der Waals surface area contributed by atoms with Crippen LogP contribution in [0.1, 0.15) is 29.5 Å². The quantitative estimate of drug-likeness (QED) is 0.382. The molecule has 0 aliphatic heterocycles. The molecule has 0 heterocycles. The molecule has 0 aliphatic carbocycles. The molecule has 3 rings (SSSR count). The fraction of sp³-hybridized carbons (Fsp3) is 0.182. The van der Waals surface area contributed by atoms with Crippen molar-refractivity contribution in [3.63, 3.8) is 0 Å². The fourth-order valence-corrected chi connectivity index (χ4v) is 3.96.